The lowest BCUT2D eigenvalue weighted by Crippen LogP contribution is -2.58. The van der Waals surface area contributed by atoms with Gasteiger partial charge in [0.2, 0.25) is 0 Å². The fourth-order valence-electron chi connectivity index (χ4n) is 6.22. The summed E-state index contributed by atoms with van der Waals surface area (Å²) < 4.78 is 0. The van der Waals surface area contributed by atoms with Crippen molar-refractivity contribution in [1.29, 1.82) is 0 Å². The van der Waals surface area contributed by atoms with Crippen molar-refractivity contribution in [2.75, 3.05) is 18.2 Å². The number of carbonyl (C=O) groups is 1. The van der Waals surface area contributed by atoms with Crippen molar-refractivity contribution in [3.8, 4) is 0 Å². The summed E-state index contributed by atoms with van der Waals surface area (Å²) in [4.78, 5) is 23.6. The Morgan fingerprint density at radius 2 is 1.39 bits per heavy atom. The molecule has 0 N–H and O–H groups in total. The summed E-state index contributed by atoms with van der Waals surface area (Å²) in [6.07, 6.45) is 0.462. The Kier molecular flexibility index (Phi) is 6.61. The van der Waals surface area contributed by atoms with Crippen LogP contribution in [-0.2, 0) is 9.63 Å². The van der Waals surface area contributed by atoms with Crippen LogP contribution in [0.15, 0.2) is 115 Å². The van der Waals surface area contributed by atoms with Crippen molar-refractivity contribution < 1.29 is 9.63 Å². The van der Waals surface area contributed by atoms with E-state index < -0.39 is 5.60 Å². The van der Waals surface area contributed by atoms with E-state index in [1.54, 1.807) is 0 Å². The monoisotopic (exact) mass is 502 g/mol. The molecule has 192 valence electrons. The van der Waals surface area contributed by atoms with Gasteiger partial charge in [-0.2, -0.15) is 0 Å². The highest BCUT2D eigenvalue weighted by molar-refractivity contribution is 5.91. The molecule has 0 aromatic heterocycles. The van der Waals surface area contributed by atoms with Gasteiger partial charge in [-0.15, -0.1) is 0 Å². The van der Waals surface area contributed by atoms with Gasteiger partial charge in [-0.1, -0.05) is 109 Å². The highest BCUT2D eigenvalue weighted by atomic mass is 16.7. The largest absolute Gasteiger partial charge is 0.296 e. The minimum absolute atomic E-state index is 0.156. The molecule has 2 heterocycles. The minimum atomic E-state index is -1.01. The number of hydrogen-bond acceptors (Lipinski definition) is 4. The van der Waals surface area contributed by atoms with Crippen LogP contribution in [0.5, 0.6) is 0 Å². The predicted molar refractivity (Wildman–Crippen MR) is 152 cm³/mol. The summed E-state index contributed by atoms with van der Waals surface area (Å²) in [7, 11) is 0. The van der Waals surface area contributed by atoms with Crippen LogP contribution in [0.1, 0.15) is 53.6 Å². The van der Waals surface area contributed by atoms with Gasteiger partial charge in [0.25, 0.3) is 0 Å². The lowest BCUT2D eigenvalue weighted by Gasteiger charge is -2.43. The summed E-state index contributed by atoms with van der Waals surface area (Å²) in [5.41, 5.74) is 4.68. The van der Waals surface area contributed by atoms with Gasteiger partial charge >= 0.3 is 0 Å². The Balaban J connectivity index is 1.50. The topological polar surface area (TPSA) is 32.8 Å². The highest BCUT2D eigenvalue weighted by Gasteiger charge is 2.61. The molecule has 0 aliphatic carbocycles. The Morgan fingerprint density at radius 1 is 0.789 bits per heavy atom. The maximum Gasteiger partial charge on any atom is 0.176 e. The molecule has 4 atom stereocenters. The zero-order chi connectivity index (χ0) is 26.1. The molecule has 2 unspecified atom stereocenters. The average Bonchev–Trinajstić information content (AvgIpc) is 3.31. The number of likely N-dealkylation sites (tertiary alicyclic amines) is 1. The van der Waals surface area contributed by atoms with Gasteiger partial charge in [-0.3, -0.25) is 14.5 Å². The van der Waals surface area contributed by atoms with Crippen molar-refractivity contribution in [3.63, 3.8) is 0 Å². The lowest BCUT2D eigenvalue weighted by molar-refractivity contribution is -0.151. The summed E-state index contributed by atoms with van der Waals surface area (Å²) in [5, 5.41) is 2.01. The number of rotatable bonds is 5. The number of piperidine rings is 1. The van der Waals surface area contributed by atoms with Crippen LogP contribution >= 0.6 is 0 Å². The summed E-state index contributed by atoms with van der Waals surface area (Å²) >= 11 is 0. The first-order valence-electron chi connectivity index (χ1n) is 13.5. The zero-order valence-electron chi connectivity index (χ0n) is 22.0. The van der Waals surface area contributed by atoms with Crippen LogP contribution in [0.3, 0.4) is 0 Å². The van der Waals surface area contributed by atoms with E-state index in [0.29, 0.717) is 13.0 Å². The van der Waals surface area contributed by atoms with E-state index in [1.165, 1.54) is 11.1 Å². The third-order valence-corrected chi connectivity index (χ3v) is 8.29. The average molecular weight is 503 g/mol. The highest BCUT2D eigenvalue weighted by Crippen LogP contribution is 2.55. The van der Waals surface area contributed by atoms with Crippen LogP contribution in [-0.4, -0.2) is 29.4 Å². The minimum Gasteiger partial charge on any atom is -0.296 e. The van der Waals surface area contributed by atoms with E-state index in [9.17, 15) is 4.79 Å². The summed E-state index contributed by atoms with van der Waals surface area (Å²) in [6, 6.07) is 39.9. The van der Waals surface area contributed by atoms with Crippen molar-refractivity contribution in [1.82, 2.24) is 4.90 Å². The van der Waals surface area contributed by atoms with Crippen LogP contribution in [0.25, 0.3) is 0 Å². The second-order valence-electron chi connectivity index (χ2n) is 10.6. The van der Waals surface area contributed by atoms with E-state index in [0.717, 1.165) is 23.4 Å². The molecule has 0 bridgehead atoms. The van der Waals surface area contributed by atoms with Crippen molar-refractivity contribution >= 4 is 11.5 Å². The Labute approximate surface area is 225 Å². The van der Waals surface area contributed by atoms with Gasteiger partial charge in [0, 0.05) is 25.6 Å². The quantitative estimate of drug-likeness (QED) is 0.293. The molecule has 38 heavy (non-hydrogen) atoms. The molecule has 6 rings (SSSR count). The molecule has 2 aliphatic heterocycles. The predicted octanol–water partition coefficient (Wildman–Crippen LogP) is 7.05. The summed E-state index contributed by atoms with van der Waals surface area (Å²) in [5.74, 6) is 0.00305. The number of nitrogens with zero attached hydrogens (tertiary/aromatic N) is 2. The Bertz CT molecular complexity index is 1370. The molecule has 1 spiro atoms. The number of aryl methyl sites for hydroxylation is 1. The number of para-hydroxylation sites is 1. The van der Waals surface area contributed by atoms with Crippen molar-refractivity contribution in [2.45, 2.75) is 43.9 Å². The fourth-order valence-corrected chi connectivity index (χ4v) is 6.22. The molecule has 0 radical (unpaired) electrons. The number of Topliss-reactive ketones (excluding diaryl/α,β-unsaturated/α-hetero) is 1. The Morgan fingerprint density at radius 3 is 2.05 bits per heavy atom. The van der Waals surface area contributed by atoms with E-state index in [1.807, 2.05) is 35.4 Å². The lowest BCUT2D eigenvalue weighted by atomic mass is 9.71. The zero-order valence-corrected chi connectivity index (χ0v) is 22.0. The second kappa shape index (κ2) is 10.2. The number of carbonyl (C=O) groups excluding carboxylic acids is 1. The van der Waals surface area contributed by atoms with Gasteiger partial charge in [0.1, 0.15) is 0 Å². The molecule has 4 nitrogen and oxygen atoms in total. The van der Waals surface area contributed by atoms with Crippen LogP contribution in [0.4, 0.5) is 5.69 Å². The maximum atomic E-state index is 14.1. The first kappa shape index (κ1) is 24.6. The number of hydrogen-bond donors (Lipinski definition) is 0. The molecule has 4 aromatic rings. The smallest absolute Gasteiger partial charge is 0.176 e. The van der Waals surface area contributed by atoms with E-state index in [-0.39, 0.29) is 23.8 Å². The molecule has 0 amide bonds. The van der Waals surface area contributed by atoms with Crippen molar-refractivity contribution in [2.24, 2.45) is 0 Å². The molecular weight excluding hydrogens is 468 g/mol. The first-order chi connectivity index (χ1) is 18.6. The van der Waals surface area contributed by atoms with Gasteiger partial charge < -0.3 is 0 Å². The number of anilines is 1. The standard InChI is InChI=1S/C34H34N2O2/c1-25-18-20-29(21-19-25)33-32(28-14-8-4-9-15-28)34(38-36(33)30-16-10-5-11-17-30)24-35(23-22-31(34)37)26(2)27-12-6-3-7-13-27/h3-21,26,32-33H,22-24H2,1-2H3/t26?,32-,33-,34?/m1/s1. The number of benzene rings is 4. The van der Waals surface area contributed by atoms with Gasteiger partial charge in [-0.25, -0.2) is 5.06 Å². The summed E-state index contributed by atoms with van der Waals surface area (Å²) in [6.45, 7) is 5.60. The molecule has 2 fully saturated rings. The number of hydroxylamine groups is 1. The van der Waals surface area contributed by atoms with E-state index >= 15 is 0 Å². The van der Waals surface area contributed by atoms with E-state index in [4.69, 9.17) is 4.84 Å². The second-order valence-corrected chi connectivity index (χ2v) is 10.6. The third kappa shape index (κ3) is 4.34. The Hall–Kier alpha value is -3.73. The SMILES string of the molecule is Cc1ccc([C@@H]2[C@@H](c3ccccc3)C3(CN(C(C)c4ccccc4)CCC3=O)ON2c2ccccc2)cc1. The molecule has 4 heteroatoms. The molecule has 2 aliphatic rings. The molecule has 4 aromatic carbocycles. The third-order valence-electron chi connectivity index (χ3n) is 8.29. The first-order valence-corrected chi connectivity index (χ1v) is 13.5. The fraction of sp³-hybridized carbons (Fsp3) is 0.265. The molecule has 2 saturated heterocycles. The van der Waals surface area contributed by atoms with Crippen LogP contribution in [0, 0.1) is 6.92 Å². The number of ketones is 1. The van der Waals surface area contributed by atoms with Crippen LogP contribution < -0.4 is 5.06 Å². The van der Waals surface area contributed by atoms with Gasteiger partial charge in [0.05, 0.1) is 17.6 Å². The molecular formula is C34H34N2O2. The normalized spacial score (nSPS) is 24.6. The van der Waals surface area contributed by atoms with Crippen molar-refractivity contribution in [3.05, 3.63) is 138 Å². The van der Waals surface area contributed by atoms with Crippen LogP contribution in [0.2, 0.25) is 0 Å². The molecule has 0 saturated carbocycles. The maximum absolute atomic E-state index is 14.1. The van der Waals surface area contributed by atoms with Gasteiger partial charge in [-0.05, 0) is 42.7 Å². The van der Waals surface area contributed by atoms with Gasteiger partial charge in [0.15, 0.2) is 11.4 Å². The van der Waals surface area contributed by atoms with E-state index in [2.05, 4.69) is 104 Å².